The Morgan fingerprint density at radius 3 is 2.63 bits per heavy atom. The number of hydrogen-bond acceptors (Lipinski definition) is 3. The van der Waals surface area contributed by atoms with Crippen molar-refractivity contribution >= 4 is 17.4 Å². The number of imidazole rings is 1. The van der Waals surface area contributed by atoms with Crippen LogP contribution in [0.3, 0.4) is 0 Å². The molecule has 0 bridgehead atoms. The summed E-state index contributed by atoms with van der Waals surface area (Å²) in [7, 11) is 0. The largest absolute Gasteiger partial charge is 0.328 e. The third-order valence-corrected chi connectivity index (χ3v) is 3.60. The molecule has 102 valence electrons. The maximum absolute atomic E-state index is 11.3. The fourth-order valence-corrected chi connectivity index (χ4v) is 2.21. The number of aryl methyl sites for hydroxylation is 3. The molecule has 19 heavy (non-hydrogen) atoms. The maximum Gasteiger partial charge on any atom is 0.179 e. The van der Waals surface area contributed by atoms with E-state index in [4.69, 9.17) is 11.6 Å². The lowest BCUT2D eigenvalue weighted by Crippen LogP contribution is -2.08. The summed E-state index contributed by atoms with van der Waals surface area (Å²) in [4.78, 5) is 15.6. The van der Waals surface area contributed by atoms with E-state index in [1.165, 1.54) is 6.92 Å². The quantitative estimate of drug-likeness (QED) is 0.809. The van der Waals surface area contributed by atoms with Crippen LogP contribution < -0.4 is 0 Å². The predicted molar refractivity (Wildman–Crippen MR) is 73.7 cm³/mol. The highest BCUT2D eigenvalue weighted by atomic mass is 35.5. The molecule has 0 radical (unpaired) electrons. The van der Waals surface area contributed by atoms with E-state index in [0.717, 1.165) is 23.8 Å². The number of aromatic nitrogens is 4. The molecule has 0 fully saturated rings. The van der Waals surface area contributed by atoms with Gasteiger partial charge in [-0.2, -0.15) is 5.10 Å². The van der Waals surface area contributed by atoms with Crippen molar-refractivity contribution in [2.75, 3.05) is 0 Å². The average molecular weight is 281 g/mol. The molecule has 0 amide bonds. The Kier molecular flexibility index (Phi) is 3.75. The molecule has 2 heterocycles. The molecular weight excluding hydrogens is 264 g/mol. The van der Waals surface area contributed by atoms with Gasteiger partial charge < -0.3 is 4.57 Å². The van der Waals surface area contributed by atoms with Gasteiger partial charge in [0.1, 0.15) is 11.5 Å². The van der Waals surface area contributed by atoms with E-state index in [1.807, 2.05) is 30.0 Å². The van der Waals surface area contributed by atoms with Crippen molar-refractivity contribution in [3.05, 3.63) is 34.1 Å². The van der Waals surface area contributed by atoms with Crippen LogP contribution in [-0.4, -0.2) is 25.1 Å². The van der Waals surface area contributed by atoms with Crippen LogP contribution in [0.1, 0.15) is 41.5 Å². The van der Waals surface area contributed by atoms with Crippen LogP contribution in [0.4, 0.5) is 0 Å². The van der Waals surface area contributed by atoms with Crippen molar-refractivity contribution in [2.24, 2.45) is 0 Å². The van der Waals surface area contributed by atoms with E-state index in [-0.39, 0.29) is 5.78 Å². The Morgan fingerprint density at radius 1 is 1.42 bits per heavy atom. The lowest BCUT2D eigenvalue weighted by Gasteiger charge is -2.07. The average Bonchev–Trinajstić information content (AvgIpc) is 2.85. The molecule has 0 aliphatic rings. The highest BCUT2D eigenvalue weighted by molar-refractivity contribution is 6.31. The van der Waals surface area contributed by atoms with Crippen LogP contribution in [0.25, 0.3) is 0 Å². The Balaban J connectivity index is 2.38. The third-order valence-electron chi connectivity index (χ3n) is 3.11. The number of hydrogen-bond donors (Lipinski definition) is 0. The molecule has 0 aromatic carbocycles. The molecular formula is C13H17ClN4O. The van der Waals surface area contributed by atoms with Crippen molar-refractivity contribution in [3.63, 3.8) is 0 Å². The zero-order valence-corrected chi connectivity index (χ0v) is 12.3. The normalized spacial score (nSPS) is 11.0. The van der Waals surface area contributed by atoms with Gasteiger partial charge in [0.25, 0.3) is 0 Å². The second-order valence-corrected chi connectivity index (χ2v) is 4.90. The summed E-state index contributed by atoms with van der Waals surface area (Å²) in [6.45, 7) is 8.63. The SMILES string of the molecule is CCn1nc(C)c(Cl)c1Cn1cc(C(C)=O)nc1C. The molecule has 0 aliphatic carbocycles. The van der Waals surface area contributed by atoms with E-state index >= 15 is 0 Å². The zero-order valence-electron chi connectivity index (χ0n) is 11.6. The summed E-state index contributed by atoms with van der Waals surface area (Å²) < 4.78 is 3.80. The number of rotatable bonds is 4. The van der Waals surface area contributed by atoms with Gasteiger partial charge in [-0.3, -0.25) is 9.48 Å². The Labute approximate surface area is 117 Å². The highest BCUT2D eigenvalue weighted by Gasteiger charge is 2.15. The fraction of sp³-hybridized carbons (Fsp3) is 0.462. The van der Waals surface area contributed by atoms with Crippen molar-refractivity contribution in [2.45, 2.75) is 40.8 Å². The van der Waals surface area contributed by atoms with Gasteiger partial charge in [-0.05, 0) is 20.8 Å². The molecule has 6 heteroatoms. The van der Waals surface area contributed by atoms with Gasteiger partial charge in [0.05, 0.1) is 23.0 Å². The van der Waals surface area contributed by atoms with Gasteiger partial charge in [-0.25, -0.2) is 4.98 Å². The molecule has 0 saturated heterocycles. The van der Waals surface area contributed by atoms with Crippen LogP contribution >= 0.6 is 11.6 Å². The van der Waals surface area contributed by atoms with E-state index in [9.17, 15) is 4.79 Å². The molecule has 0 spiro atoms. The van der Waals surface area contributed by atoms with Gasteiger partial charge in [0.15, 0.2) is 5.78 Å². The van der Waals surface area contributed by atoms with Crippen molar-refractivity contribution < 1.29 is 4.79 Å². The summed E-state index contributed by atoms with van der Waals surface area (Å²) >= 11 is 6.28. The molecule has 2 aromatic heterocycles. The van der Waals surface area contributed by atoms with E-state index < -0.39 is 0 Å². The monoisotopic (exact) mass is 280 g/mol. The van der Waals surface area contributed by atoms with Crippen LogP contribution in [0.2, 0.25) is 5.02 Å². The summed E-state index contributed by atoms with van der Waals surface area (Å²) in [6.07, 6.45) is 1.76. The Hall–Kier alpha value is -1.62. The van der Waals surface area contributed by atoms with Gasteiger partial charge in [0.2, 0.25) is 0 Å². The lowest BCUT2D eigenvalue weighted by molar-refractivity contribution is 0.101. The van der Waals surface area contributed by atoms with E-state index in [1.54, 1.807) is 6.20 Å². The van der Waals surface area contributed by atoms with Crippen LogP contribution in [0, 0.1) is 13.8 Å². The van der Waals surface area contributed by atoms with Crippen molar-refractivity contribution in [3.8, 4) is 0 Å². The molecule has 0 saturated carbocycles. The molecule has 2 rings (SSSR count). The Bertz CT molecular complexity index is 627. The number of halogens is 1. The van der Waals surface area contributed by atoms with Crippen molar-refractivity contribution in [1.29, 1.82) is 0 Å². The minimum absolute atomic E-state index is 0.0341. The Morgan fingerprint density at radius 2 is 2.11 bits per heavy atom. The number of nitrogens with zero attached hydrogens (tertiary/aromatic N) is 4. The van der Waals surface area contributed by atoms with E-state index in [0.29, 0.717) is 17.3 Å². The highest BCUT2D eigenvalue weighted by Crippen LogP contribution is 2.21. The van der Waals surface area contributed by atoms with Crippen LogP contribution in [0.5, 0.6) is 0 Å². The van der Waals surface area contributed by atoms with Gasteiger partial charge in [-0.1, -0.05) is 11.6 Å². The van der Waals surface area contributed by atoms with Crippen molar-refractivity contribution in [1.82, 2.24) is 19.3 Å². The summed E-state index contributed by atoms with van der Waals surface area (Å²) in [5.41, 5.74) is 2.24. The number of carbonyl (C=O) groups excluding carboxylic acids is 1. The van der Waals surface area contributed by atoms with Gasteiger partial charge >= 0.3 is 0 Å². The zero-order chi connectivity index (χ0) is 14.2. The topological polar surface area (TPSA) is 52.7 Å². The van der Waals surface area contributed by atoms with Gasteiger partial charge in [-0.15, -0.1) is 0 Å². The molecule has 5 nitrogen and oxygen atoms in total. The molecule has 2 aromatic rings. The summed E-state index contributed by atoms with van der Waals surface area (Å²) in [6, 6.07) is 0. The second-order valence-electron chi connectivity index (χ2n) is 4.52. The minimum atomic E-state index is -0.0341. The molecule has 0 atom stereocenters. The predicted octanol–water partition coefficient (Wildman–Crippen LogP) is 2.62. The second kappa shape index (κ2) is 5.17. The molecule has 0 N–H and O–H groups in total. The maximum atomic E-state index is 11.3. The number of ketones is 1. The van der Waals surface area contributed by atoms with Crippen LogP contribution in [0.15, 0.2) is 6.20 Å². The first kappa shape index (κ1) is 13.8. The molecule has 0 unspecified atom stereocenters. The number of Topliss-reactive ketones (excluding diaryl/α,β-unsaturated/α-hetero) is 1. The fourth-order valence-electron chi connectivity index (χ4n) is 2.02. The van der Waals surface area contributed by atoms with Gasteiger partial charge in [0, 0.05) is 19.7 Å². The van der Waals surface area contributed by atoms with E-state index in [2.05, 4.69) is 10.1 Å². The number of carbonyl (C=O) groups is 1. The van der Waals surface area contributed by atoms with Crippen LogP contribution in [-0.2, 0) is 13.1 Å². The first-order chi connectivity index (χ1) is 8.93. The first-order valence-corrected chi connectivity index (χ1v) is 6.58. The third kappa shape index (κ3) is 2.56. The first-order valence-electron chi connectivity index (χ1n) is 6.20. The standard InChI is InChI=1S/C13H17ClN4O/c1-5-18-12(13(14)8(2)16-18)7-17-6-11(9(3)19)15-10(17)4/h6H,5,7H2,1-4H3. The molecule has 0 aliphatic heterocycles. The summed E-state index contributed by atoms with van der Waals surface area (Å²) in [5.74, 6) is 0.760. The summed E-state index contributed by atoms with van der Waals surface area (Å²) in [5, 5.41) is 5.06. The minimum Gasteiger partial charge on any atom is -0.328 e. The smallest absolute Gasteiger partial charge is 0.179 e. The lowest BCUT2D eigenvalue weighted by atomic mass is 10.3.